The van der Waals surface area contributed by atoms with Crippen LogP contribution < -0.4 is 16.8 Å². The normalized spacial score (nSPS) is 17.7. The lowest BCUT2D eigenvalue weighted by molar-refractivity contribution is -0.138. The van der Waals surface area contributed by atoms with Crippen LogP contribution in [-0.4, -0.2) is 57.4 Å². The Labute approximate surface area is 147 Å². The number of phenolic OH excluding ortho intramolecular Hbond substituents is 1. The Morgan fingerprint density at radius 1 is 1.46 bits per heavy atom. The van der Waals surface area contributed by atoms with E-state index in [0.717, 1.165) is 22.2 Å². The summed E-state index contributed by atoms with van der Waals surface area (Å²) in [4.78, 5) is 23.3. The molecule has 0 radical (unpaired) electrons. The highest BCUT2D eigenvalue weighted by Crippen LogP contribution is 2.46. The Balaban J connectivity index is 2.35. The van der Waals surface area contributed by atoms with Crippen molar-refractivity contribution in [1.82, 2.24) is 0 Å². The average Bonchev–Trinajstić information content (AvgIpc) is 2.54. The first-order valence-electron chi connectivity index (χ1n) is 7.17. The molecule has 2 rings (SSSR count). The van der Waals surface area contributed by atoms with Crippen LogP contribution in [0.1, 0.15) is 5.56 Å². The summed E-state index contributed by atoms with van der Waals surface area (Å²) in [7, 11) is 0. The topological polar surface area (TPSA) is 159 Å². The van der Waals surface area contributed by atoms with E-state index in [0.29, 0.717) is 29.3 Å². The van der Waals surface area contributed by atoms with Crippen LogP contribution in [0.5, 0.6) is 5.75 Å². The van der Waals surface area contributed by atoms with Gasteiger partial charge in [-0.3, -0.25) is 4.79 Å². The largest absolute Gasteiger partial charge is 0.505 e. The third kappa shape index (κ3) is 4.07. The maximum Gasteiger partial charge on any atom is 0.327 e. The first kappa shape index (κ1) is 18.7. The van der Waals surface area contributed by atoms with E-state index in [-0.39, 0.29) is 11.5 Å². The number of nitrogens with two attached hydrogens (primary N) is 2. The van der Waals surface area contributed by atoms with Crippen molar-refractivity contribution in [2.75, 3.05) is 23.4 Å². The molecule has 0 fully saturated rings. The molecular formula is C14H19N3O5S2. The van der Waals surface area contributed by atoms with Gasteiger partial charge in [0.15, 0.2) is 5.75 Å². The van der Waals surface area contributed by atoms with Crippen molar-refractivity contribution in [3.05, 3.63) is 11.6 Å². The second-order valence-corrected chi connectivity index (χ2v) is 7.32. The number of aromatic hydroxyl groups is 1. The Bertz CT molecular complexity index is 656. The Morgan fingerprint density at radius 3 is 2.75 bits per heavy atom. The number of nitrogens with one attached hydrogen (secondary N) is 1. The highest BCUT2D eigenvalue weighted by molar-refractivity contribution is 8.00. The van der Waals surface area contributed by atoms with Crippen LogP contribution in [0, 0.1) is 0 Å². The first-order chi connectivity index (χ1) is 11.3. The van der Waals surface area contributed by atoms with Crippen LogP contribution >= 0.6 is 23.5 Å². The molecule has 0 saturated carbocycles. The molecule has 8 N–H and O–H groups in total. The number of phenols is 1. The van der Waals surface area contributed by atoms with E-state index in [4.69, 9.17) is 21.7 Å². The SMILES string of the molecule is NCCc1cc2c(c(O)c1SC[C@H](N)C(=O)O)N[C@H](C(=O)O)CS2. The van der Waals surface area contributed by atoms with Crippen molar-refractivity contribution in [3.8, 4) is 5.75 Å². The minimum absolute atomic E-state index is 0.0781. The standard InChI is InChI=1S/C14H19N3O5S2/c15-2-1-6-3-9-10(17-8(5-23-9)14(21)22)11(18)12(6)24-4-7(16)13(19)20/h3,7-8,17-18H,1-2,4-5,15-16H2,(H,19,20)(H,21,22)/t7-,8-/m0/s1. The second-order valence-electron chi connectivity index (χ2n) is 5.23. The summed E-state index contributed by atoms with van der Waals surface area (Å²) in [6.45, 7) is 0.368. The molecule has 0 aromatic heterocycles. The van der Waals surface area contributed by atoms with E-state index in [1.807, 2.05) is 6.07 Å². The van der Waals surface area contributed by atoms with Crippen LogP contribution in [0.2, 0.25) is 0 Å². The smallest absolute Gasteiger partial charge is 0.327 e. The molecule has 10 heteroatoms. The van der Waals surface area contributed by atoms with E-state index >= 15 is 0 Å². The number of fused-ring (bicyclic) bond motifs is 1. The summed E-state index contributed by atoms with van der Waals surface area (Å²) in [6, 6.07) is -0.00938. The second kappa shape index (κ2) is 7.97. The lowest BCUT2D eigenvalue weighted by atomic mass is 10.1. The minimum Gasteiger partial charge on any atom is -0.505 e. The summed E-state index contributed by atoms with van der Waals surface area (Å²) in [5.41, 5.74) is 12.3. The van der Waals surface area contributed by atoms with Crippen LogP contribution in [0.4, 0.5) is 5.69 Å². The fraction of sp³-hybridized carbons (Fsp3) is 0.429. The number of hydrogen-bond donors (Lipinski definition) is 6. The van der Waals surface area contributed by atoms with Crippen LogP contribution in [0.15, 0.2) is 15.9 Å². The van der Waals surface area contributed by atoms with E-state index in [9.17, 15) is 14.7 Å². The number of carboxylic acid groups (broad SMARTS) is 2. The van der Waals surface area contributed by atoms with Crippen LogP contribution in [0.25, 0.3) is 0 Å². The van der Waals surface area contributed by atoms with Gasteiger partial charge >= 0.3 is 11.9 Å². The van der Waals surface area contributed by atoms with Gasteiger partial charge in [0.25, 0.3) is 0 Å². The Morgan fingerprint density at radius 2 is 2.17 bits per heavy atom. The van der Waals surface area contributed by atoms with Crippen molar-refractivity contribution in [2.45, 2.75) is 28.3 Å². The van der Waals surface area contributed by atoms with Gasteiger partial charge in [-0.25, -0.2) is 4.79 Å². The lowest BCUT2D eigenvalue weighted by Gasteiger charge is -2.26. The molecule has 0 bridgehead atoms. The molecule has 8 nitrogen and oxygen atoms in total. The average molecular weight is 373 g/mol. The highest BCUT2D eigenvalue weighted by atomic mass is 32.2. The number of benzene rings is 1. The van der Waals surface area contributed by atoms with Crippen molar-refractivity contribution >= 4 is 41.1 Å². The quantitative estimate of drug-likeness (QED) is 0.291. The zero-order valence-electron chi connectivity index (χ0n) is 12.7. The number of aliphatic carboxylic acids is 2. The molecule has 1 aliphatic heterocycles. The predicted molar refractivity (Wildman–Crippen MR) is 93.0 cm³/mol. The van der Waals surface area contributed by atoms with Gasteiger partial charge in [-0.2, -0.15) is 0 Å². The van der Waals surface area contributed by atoms with Gasteiger partial charge in [0.1, 0.15) is 12.1 Å². The summed E-state index contributed by atoms with van der Waals surface area (Å²) in [5, 5.41) is 31.4. The van der Waals surface area contributed by atoms with Gasteiger partial charge < -0.3 is 32.1 Å². The minimum atomic E-state index is -1.13. The van der Waals surface area contributed by atoms with Crippen LogP contribution in [-0.2, 0) is 16.0 Å². The highest BCUT2D eigenvalue weighted by Gasteiger charge is 2.29. The van der Waals surface area contributed by atoms with Crippen molar-refractivity contribution in [1.29, 1.82) is 0 Å². The van der Waals surface area contributed by atoms with E-state index in [1.54, 1.807) is 0 Å². The van der Waals surface area contributed by atoms with Crippen LogP contribution in [0.3, 0.4) is 0 Å². The van der Waals surface area contributed by atoms with Gasteiger partial charge in [0.2, 0.25) is 0 Å². The molecule has 2 atom stereocenters. The number of carboxylic acids is 2. The van der Waals surface area contributed by atoms with Gasteiger partial charge in [-0.15, -0.1) is 23.5 Å². The predicted octanol–water partition coefficient (Wildman–Crippen LogP) is 0.368. The monoisotopic (exact) mass is 373 g/mol. The van der Waals surface area contributed by atoms with Crippen molar-refractivity contribution in [3.63, 3.8) is 0 Å². The Kier molecular flexibility index (Phi) is 6.21. The molecule has 132 valence electrons. The number of carbonyl (C=O) groups is 2. The van der Waals surface area contributed by atoms with Gasteiger partial charge in [-0.1, -0.05) is 0 Å². The summed E-state index contributed by atoms with van der Waals surface area (Å²) < 4.78 is 0. The zero-order valence-corrected chi connectivity index (χ0v) is 14.3. The number of hydrogen-bond acceptors (Lipinski definition) is 8. The number of anilines is 1. The summed E-state index contributed by atoms with van der Waals surface area (Å²) >= 11 is 2.47. The van der Waals surface area contributed by atoms with Gasteiger partial charge in [0.05, 0.1) is 10.6 Å². The van der Waals surface area contributed by atoms with E-state index in [2.05, 4.69) is 5.32 Å². The summed E-state index contributed by atoms with van der Waals surface area (Å²) in [6.07, 6.45) is 0.508. The fourth-order valence-corrected chi connectivity index (χ4v) is 4.37. The van der Waals surface area contributed by atoms with Crippen molar-refractivity contribution in [2.24, 2.45) is 11.5 Å². The molecule has 1 heterocycles. The van der Waals surface area contributed by atoms with Gasteiger partial charge in [0, 0.05) is 16.4 Å². The number of thioether (sulfide) groups is 2. The Hall–Kier alpha value is -1.62. The zero-order chi connectivity index (χ0) is 17.9. The molecular weight excluding hydrogens is 354 g/mol. The molecule has 1 aromatic rings. The number of rotatable bonds is 7. The summed E-state index contributed by atoms with van der Waals surface area (Å²) in [5.74, 6) is -1.78. The third-order valence-corrected chi connectivity index (χ3v) is 5.86. The molecule has 0 saturated heterocycles. The van der Waals surface area contributed by atoms with Crippen molar-refractivity contribution < 1.29 is 24.9 Å². The molecule has 24 heavy (non-hydrogen) atoms. The molecule has 1 aromatic carbocycles. The lowest BCUT2D eigenvalue weighted by Crippen LogP contribution is -2.34. The maximum absolute atomic E-state index is 11.2. The third-order valence-electron chi connectivity index (χ3n) is 3.46. The molecule has 0 amide bonds. The van der Waals surface area contributed by atoms with E-state index in [1.165, 1.54) is 11.8 Å². The van der Waals surface area contributed by atoms with E-state index < -0.39 is 24.0 Å². The van der Waals surface area contributed by atoms with Gasteiger partial charge in [-0.05, 0) is 24.6 Å². The molecule has 1 aliphatic rings. The fourth-order valence-electron chi connectivity index (χ4n) is 2.20. The molecule has 0 spiro atoms. The molecule has 0 unspecified atom stereocenters. The maximum atomic E-state index is 11.2. The first-order valence-corrected chi connectivity index (χ1v) is 9.14. The molecule has 0 aliphatic carbocycles.